The number of likely N-dealkylation sites (tertiary alicyclic amines) is 1. The number of hydrogen-bond donors (Lipinski definition) is 3. The summed E-state index contributed by atoms with van der Waals surface area (Å²) in [6.45, 7) is 0.795. The van der Waals surface area contributed by atoms with E-state index in [4.69, 9.17) is 5.84 Å². The Hall–Kier alpha value is -1.82. The van der Waals surface area contributed by atoms with E-state index < -0.39 is 0 Å². The van der Waals surface area contributed by atoms with Crippen molar-refractivity contribution in [2.75, 3.05) is 24.3 Å². The van der Waals surface area contributed by atoms with Crippen molar-refractivity contribution in [3.8, 4) is 0 Å². The van der Waals surface area contributed by atoms with E-state index in [0.29, 0.717) is 5.82 Å². The SMILES string of the molecule is CN1CCC(Nc2ccnc(NN)c2)C1=O. The predicted molar refractivity (Wildman–Crippen MR) is 61.7 cm³/mol. The standard InChI is InChI=1S/C10H15N5O/c1-15-5-3-8(10(15)16)13-7-2-4-12-9(6-7)14-11/h2,4,6,8H,3,5,11H2,1H3,(H2,12,13,14). The number of anilines is 2. The Labute approximate surface area is 93.8 Å². The molecule has 2 heterocycles. The Kier molecular flexibility index (Phi) is 2.91. The van der Waals surface area contributed by atoms with Gasteiger partial charge in [0.2, 0.25) is 5.91 Å². The maximum atomic E-state index is 11.7. The smallest absolute Gasteiger partial charge is 0.244 e. The highest BCUT2D eigenvalue weighted by atomic mass is 16.2. The molecule has 1 aliphatic rings. The van der Waals surface area contributed by atoms with Gasteiger partial charge in [-0.2, -0.15) is 0 Å². The van der Waals surface area contributed by atoms with Crippen LogP contribution in [0.15, 0.2) is 18.3 Å². The van der Waals surface area contributed by atoms with Gasteiger partial charge in [0.25, 0.3) is 0 Å². The maximum absolute atomic E-state index is 11.7. The summed E-state index contributed by atoms with van der Waals surface area (Å²) in [4.78, 5) is 17.4. The fourth-order valence-electron chi connectivity index (χ4n) is 1.76. The van der Waals surface area contributed by atoms with Crippen LogP contribution in [0.2, 0.25) is 0 Å². The van der Waals surface area contributed by atoms with Gasteiger partial charge in [-0.25, -0.2) is 10.8 Å². The van der Waals surface area contributed by atoms with E-state index in [1.807, 2.05) is 13.1 Å². The predicted octanol–water partition coefficient (Wildman–Crippen LogP) is 0.00980. The molecular weight excluding hydrogens is 206 g/mol. The molecule has 0 aromatic carbocycles. The second kappa shape index (κ2) is 4.36. The van der Waals surface area contributed by atoms with Crippen LogP contribution >= 0.6 is 0 Å². The van der Waals surface area contributed by atoms with Crippen LogP contribution in [-0.4, -0.2) is 35.4 Å². The van der Waals surface area contributed by atoms with E-state index >= 15 is 0 Å². The first-order valence-electron chi connectivity index (χ1n) is 5.15. The van der Waals surface area contributed by atoms with Crippen molar-refractivity contribution >= 4 is 17.4 Å². The minimum absolute atomic E-state index is 0.124. The van der Waals surface area contributed by atoms with Crippen molar-refractivity contribution in [3.63, 3.8) is 0 Å². The highest BCUT2D eigenvalue weighted by Crippen LogP contribution is 2.17. The summed E-state index contributed by atoms with van der Waals surface area (Å²) in [6, 6.07) is 3.44. The van der Waals surface area contributed by atoms with Crippen LogP contribution < -0.4 is 16.6 Å². The number of nitrogens with two attached hydrogens (primary N) is 1. The number of hydrazine groups is 1. The number of amides is 1. The summed E-state index contributed by atoms with van der Waals surface area (Å²) in [7, 11) is 1.81. The third kappa shape index (κ3) is 2.06. The Balaban J connectivity index is 2.06. The highest BCUT2D eigenvalue weighted by molar-refractivity contribution is 5.86. The van der Waals surface area contributed by atoms with Gasteiger partial charge in [0.15, 0.2) is 0 Å². The van der Waals surface area contributed by atoms with Gasteiger partial charge in [-0.3, -0.25) is 4.79 Å². The number of aromatic nitrogens is 1. The molecule has 0 bridgehead atoms. The van der Waals surface area contributed by atoms with Gasteiger partial charge in [-0.15, -0.1) is 0 Å². The van der Waals surface area contributed by atoms with E-state index in [9.17, 15) is 4.79 Å². The second-order valence-corrected chi connectivity index (χ2v) is 3.82. The zero-order valence-electron chi connectivity index (χ0n) is 9.10. The summed E-state index contributed by atoms with van der Waals surface area (Å²) < 4.78 is 0. The fourth-order valence-corrected chi connectivity index (χ4v) is 1.76. The van der Waals surface area contributed by atoms with Crippen LogP contribution in [0.25, 0.3) is 0 Å². The van der Waals surface area contributed by atoms with Crippen molar-refractivity contribution in [3.05, 3.63) is 18.3 Å². The number of rotatable bonds is 3. The van der Waals surface area contributed by atoms with Crippen LogP contribution in [0.1, 0.15) is 6.42 Å². The normalized spacial score (nSPS) is 20.0. The summed E-state index contributed by atoms with van der Waals surface area (Å²) in [5, 5.41) is 3.17. The molecule has 1 amide bonds. The number of nitrogen functional groups attached to an aromatic ring is 1. The summed E-state index contributed by atoms with van der Waals surface area (Å²) >= 11 is 0. The third-order valence-electron chi connectivity index (χ3n) is 2.68. The molecule has 1 aliphatic heterocycles. The monoisotopic (exact) mass is 221 g/mol. The first kappa shape index (κ1) is 10.7. The lowest BCUT2D eigenvalue weighted by Crippen LogP contribution is -2.30. The van der Waals surface area contributed by atoms with Crippen LogP contribution in [0.3, 0.4) is 0 Å². The van der Waals surface area contributed by atoms with E-state index in [-0.39, 0.29) is 11.9 Å². The number of likely N-dealkylation sites (N-methyl/N-ethyl adjacent to an activating group) is 1. The van der Waals surface area contributed by atoms with Crippen LogP contribution in [-0.2, 0) is 4.79 Å². The zero-order valence-corrected chi connectivity index (χ0v) is 9.10. The molecule has 1 atom stereocenters. The van der Waals surface area contributed by atoms with Gasteiger partial charge >= 0.3 is 0 Å². The van der Waals surface area contributed by atoms with Gasteiger partial charge in [0.05, 0.1) is 0 Å². The molecule has 1 saturated heterocycles. The van der Waals surface area contributed by atoms with E-state index in [0.717, 1.165) is 18.7 Å². The number of pyridine rings is 1. The second-order valence-electron chi connectivity index (χ2n) is 3.82. The van der Waals surface area contributed by atoms with Gasteiger partial charge in [0.1, 0.15) is 11.9 Å². The van der Waals surface area contributed by atoms with Crippen LogP contribution in [0, 0.1) is 0 Å². The van der Waals surface area contributed by atoms with Gasteiger partial charge in [-0.05, 0) is 12.5 Å². The van der Waals surface area contributed by atoms with Crippen LogP contribution in [0.5, 0.6) is 0 Å². The van der Waals surface area contributed by atoms with Crippen molar-refractivity contribution in [2.45, 2.75) is 12.5 Å². The molecule has 86 valence electrons. The lowest BCUT2D eigenvalue weighted by atomic mass is 10.2. The number of carbonyl (C=O) groups is 1. The van der Waals surface area contributed by atoms with Crippen molar-refractivity contribution in [2.24, 2.45) is 5.84 Å². The van der Waals surface area contributed by atoms with Gasteiger partial charge in [0, 0.05) is 31.5 Å². The molecule has 1 aromatic heterocycles. The highest BCUT2D eigenvalue weighted by Gasteiger charge is 2.28. The Bertz CT molecular complexity index is 395. The average Bonchev–Trinajstić information content (AvgIpc) is 2.61. The number of carbonyl (C=O) groups excluding carboxylic acids is 1. The minimum atomic E-state index is -0.141. The molecule has 16 heavy (non-hydrogen) atoms. The summed E-state index contributed by atoms with van der Waals surface area (Å²) in [6.07, 6.45) is 2.46. The quantitative estimate of drug-likeness (QED) is 0.494. The van der Waals surface area contributed by atoms with Crippen molar-refractivity contribution in [1.29, 1.82) is 0 Å². The molecule has 4 N–H and O–H groups in total. The molecule has 0 saturated carbocycles. The summed E-state index contributed by atoms with van der Waals surface area (Å²) in [5.41, 5.74) is 3.31. The number of nitrogens with zero attached hydrogens (tertiary/aromatic N) is 2. The average molecular weight is 221 g/mol. The van der Waals surface area contributed by atoms with Gasteiger partial charge in [-0.1, -0.05) is 0 Å². The van der Waals surface area contributed by atoms with Gasteiger partial charge < -0.3 is 15.6 Å². The Morgan fingerprint density at radius 2 is 2.44 bits per heavy atom. The molecule has 1 unspecified atom stereocenters. The number of nitrogens with one attached hydrogen (secondary N) is 2. The van der Waals surface area contributed by atoms with Crippen molar-refractivity contribution < 1.29 is 4.79 Å². The molecule has 0 spiro atoms. The lowest BCUT2D eigenvalue weighted by molar-refractivity contribution is -0.127. The number of hydrogen-bond acceptors (Lipinski definition) is 5. The summed E-state index contributed by atoms with van der Waals surface area (Å²) in [5.74, 6) is 5.96. The molecule has 6 nitrogen and oxygen atoms in total. The molecular formula is C10H15N5O. The van der Waals surface area contributed by atoms with E-state index in [2.05, 4.69) is 15.7 Å². The lowest BCUT2D eigenvalue weighted by Gasteiger charge is -2.13. The van der Waals surface area contributed by atoms with Crippen LogP contribution in [0.4, 0.5) is 11.5 Å². The minimum Gasteiger partial charge on any atom is -0.373 e. The Morgan fingerprint density at radius 3 is 3.06 bits per heavy atom. The molecule has 0 radical (unpaired) electrons. The largest absolute Gasteiger partial charge is 0.373 e. The third-order valence-corrected chi connectivity index (χ3v) is 2.68. The van der Waals surface area contributed by atoms with E-state index in [1.165, 1.54) is 0 Å². The van der Waals surface area contributed by atoms with Crippen molar-refractivity contribution in [1.82, 2.24) is 9.88 Å². The molecule has 0 aliphatic carbocycles. The molecule has 6 heteroatoms. The molecule has 1 aromatic rings. The maximum Gasteiger partial charge on any atom is 0.244 e. The first-order valence-corrected chi connectivity index (χ1v) is 5.15. The first-order chi connectivity index (χ1) is 7.70. The molecule has 2 rings (SSSR count). The van der Waals surface area contributed by atoms with E-state index in [1.54, 1.807) is 17.2 Å². The molecule has 1 fully saturated rings. The Morgan fingerprint density at radius 1 is 1.62 bits per heavy atom. The zero-order chi connectivity index (χ0) is 11.5. The fraction of sp³-hybridized carbons (Fsp3) is 0.400. The topological polar surface area (TPSA) is 83.3 Å².